The van der Waals surface area contributed by atoms with E-state index in [0.717, 1.165) is 41.8 Å². The third-order valence-electron chi connectivity index (χ3n) is 5.53. The van der Waals surface area contributed by atoms with Crippen molar-refractivity contribution in [2.24, 2.45) is 0 Å². The van der Waals surface area contributed by atoms with E-state index < -0.39 is 11.7 Å². The summed E-state index contributed by atoms with van der Waals surface area (Å²) in [5.74, 6) is -0.387. The highest BCUT2D eigenvalue weighted by Gasteiger charge is 2.31. The van der Waals surface area contributed by atoms with Crippen molar-refractivity contribution in [1.82, 2.24) is 10.2 Å². The zero-order valence-corrected chi connectivity index (χ0v) is 18.3. The molecule has 8 heteroatoms. The molecule has 2 aromatic rings. The van der Waals surface area contributed by atoms with Crippen LogP contribution in [0.3, 0.4) is 0 Å². The Morgan fingerprint density at radius 2 is 1.69 bits per heavy atom. The molecular formula is C24H28F3N3O2. The molecule has 0 aliphatic heterocycles. The van der Waals surface area contributed by atoms with E-state index in [1.807, 2.05) is 36.9 Å². The van der Waals surface area contributed by atoms with Gasteiger partial charge in [-0.3, -0.25) is 14.5 Å². The number of anilines is 1. The van der Waals surface area contributed by atoms with Gasteiger partial charge in [-0.15, -0.1) is 0 Å². The Hall–Kier alpha value is -2.87. The number of alkyl halides is 3. The van der Waals surface area contributed by atoms with Crippen molar-refractivity contribution >= 4 is 17.5 Å². The molecule has 3 rings (SSSR count). The van der Waals surface area contributed by atoms with Gasteiger partial charge in [-0.05, 0) is 55.5 Å². The molecule has 0 bridgehead atoms. The molecule has 32 heavy (non-hydrogen) atoms. The number of carbonyl (C=O) groups excluding carboxylic acids is 2. The molecule has 1 fully saturated rings. The van der Waals surface area contributed by atoms with E-state index in [-0.39, 0.29) is 37.4 Å². The predicted molar refractivity (Wildman–Crippen MR) is 117 cm³/mol. The minimum absolute atomic E-state index is 0.0270. The third-order valence-corrected chi connectivity index (χ3v) is 5.53. The van der Waals surface area contributed by atoms with Gasteiger partial charge in [0.2, 0.25) is 11.8 Å². The summed E-state index contributed by atoms with van der Waals surface area (Å²) in [4.78, 5) is 26.8. The van der Waals surface area contributed by atoms with Crippen LogP contribution in [0, 0.1) is 13.8 Å². The van der Waals surface area contributed by atoms with Crippen LogP contribution in [-0.4, -0.2) is 35.8 Å². The van der Waals surface area contributed by atoms with Crippen molar-refractivity contribution in [3.8, 4) is 0 Å². The molecule has 0 heterocycles. The zero-order valence-electron chi connectivity index (χ0n) is 18.3. The molecule has 0 saturated heterocycles. The van der Waals surface area contributed by atoms with Crippen LogP contribution in [0.4, 0.5) is 18.9 Å². The maximum atomic E-state index is 12.8. The zero-order chi connectivity index (χ0) is 23.3. The predicted octanol–water partition coefficient (Wildman–Crippen LogP) is 4.43. The Labute approximate surface area is 186 Å². The Morgan fingerprint density at radius 3 is 2.31 bits per heavy atom. The number of aryl methyl sites for hydroxylation is 2. The SMILES string of the molecule is Cc1cccc(C)c1NC(=O)CN(CCC(=O)NCc1cccc(C(F)(F)F)c1)C1CC1. The van der Waals surface area contributed by atoms with Gasteiger partial charge in [-0.25, -0.2) is 0 Å². The van der Waals surface area contributed by atoms with Crippen molar-refractivity contribution in [2.75, 3.05) is 18.4 Å². The van der Waals surface area contributed by atoms with E-state index in [0.29, 0.717) is 12.1 Å². The summed E-state index contributed by atoms with van der Waals surface area (Å²) in [5, 5.41) is 5.64. The first-order valence-corrected chi connectivity index (χ1v) is 10.7. The summed E-state index contributed by atoms with van der Waals surface area (Å²) in [6.07, 6.45) is -2.26. The third kappa shape index (κ3) is 6.82. The lowest BCUT2D eigenvalue weighted by Crippen LogP contribution is -2.38. The van der Waals surface area contributed by atoms with Crippen molar-refractivity contribution in [2.45, 2.75) is 51.9 Å². The van der Waals surface area contributed by atoms with E-state index in [4.69, 9.17) is 0 Å². The van der Waals surface area contributed by atoms with Crippen LogP contribution >= 0.6 is 0 Å². The number of benzene rings is 2. The molecular weight excluding hydrogens is 419 g/mol. The molecule has 0 atom stereocenters. The average molecular weight is 448 g/mol. The average Bonchev–Trinajstić information content (AvgIpc) is 3.57. The summed E-state index contributed by atoms with van der Waals surface area (Å²) in [6.45, 7) is 4.52. The van der Waals surface area contributed by atoms with E-state index in [2.05, 4.69) is 10.6 Å². The van der Waals surface area contributed by atoms with Crippen LogP contribution in [0.1, 0.15) is 41.5 Å². The van der Waals surface area contributed by atoms with Gasteiger partial charge in [0.25, 0.3) is 0 Å². The van der Waals surface area contributed by atoms with Crippen LogP contribution in [0.25, 0.3) is 0 Å². The van der Waals surface area contributed by atoms with Crippen LogP contribution in [-0.2, 0) is 22.3 Å². The number of para-hydroxylation sites is 1. The molecule has 172 valence electrons. The molecule has 1 saturated carbocycles. The number of nitrogens with zero attached hydrogens (tertiary/aromatic N) is 1. The normalized spacial score (nSPS) is 13.8. The Morgan fingerprint density at radius 1 is 1.03 bits per heavy atom. The lowest BCUT2D eigenvalue weighted by Gasteiger charge is -2.22. The van der Waals surface area contributed by atoms with Crippen LogP contribution in [0.5, 0.6) is 0 Å². The molecule has 2 aromatic carbocycles. The number of hydrogen-bond acceptors (Lipinski definition) is 3. The number of hydrogen-bond donors (Lipinski definition) is 2. The number of halogens is 3. The molecule has 0 aromatic heterocycles. The Kier molecular flexibility index (Phi) is 7.56. The summed E-state index contributed by atoms with van der Waals surface area (Å²) in [5.41, 5.74) is 2.45. The summed E-state index contributed by atoms with van der Waals surface area (Å²) in [6, 6.07) is 11.0. The Bertz CT molecular complexity index is 951. The lowest BCUT2D eigenvalue weighted by atomic mass is 10.1. The first kappa shape index (κ1) is 23.8. The van der Waals surface area contributed by atoms with E-state index in [9.17, 15) is 22.8 Å². The second-order valence-electron chi connectivity index (χ2n) is 8.24. The second-order valence-corrected chi connectivity index (χ2v) is 8.24. The molecule has 1 aliphatic carbocycles. The smallest absolute Gasteiger partial charge is 0.352 e. The highest BCUT2D eigenvalue weighted by molar-refractivity contribution is 5.93. The monoisotopic (exact) mass is 447 g/mol. The first-order chi connectivity index (χ1) is 15.1. The van der Waals surface area contributed by atoms with Gasteiger partial charge < -0.3 is 10.6 Å². The number of amides is 2. The van der Waals surface area contributed by atoms with Gasteiger partial charge in [0, 0.05) is 31.2 Å². The van der Waals surface area contributed by atoms with Crippen LogP contribution in [0.2, 0.25) is 0 Å². The molecule has 2 amide bonds. The van der Waals surface area contributed by atoms with Gasteiger partial charge >= 0.3 is 6.18 Å². The first-order valence-electron chi connectivity index (χ1n) is 10.7. The molecule has 2 N–H and O–H groups in total. The summed E-state index contributed by atoms with van der Waals surface area (Å²) >= 11 is 0. The topological polar surface area (TPSA) is 61.4 Å². The van der Waals surface area contributed by atoms with Gasteiger partial charge in [0.15, 0.2) is 0 Å². The lowest BCUT2D eigenvalue weighted by molar-refractivity contribution is -0.137. The van der Waals surface area contributed by atoms with Gasteiger partial charge in [-0.2, -0.15) is 13.2 Å². The van der Waals surface area contributed by atoms with E-state index in [1.165, 1.54) is 6.07 Å². The van der Waals surface area contributed by atoms with E-state index in [1.54, 1.807) is 6.07 Å². The Balaban J connectivity index is 1.48. The van der Waals surface area contributed by atoms with Crippen molar-refractivity contribution < 1.29 is 22.8 Å². The number of carbonyl (C=O) groups is 2. The second kappa shape index (κ2) is 10.2. The highest BCUT2D eigenvalue weighted by atomic mass is 19.4. The fraction of sp³-hybridized carbons (Fsp3) is 0.417. The molecule has 5 nitrogen and oxygen atoms in total. The summed E-state index contributed by atoms with van der Waals surface area (Å²) in [7, 11) is 0. The summed E-state index contributed by atoms with van der Waals surface area (Å²) < 4.78 is 38.5. The van der Waals surface area contributed by atoms with Crippen molar-refractivity contribution in [3.63, 3.8) is 0 Å². The van der Waals surface area contributed by atoms with Crippen LogP contribution < -0.4 is 10.6 Å². The fourth-order valence-electron chi connectivity index (χ4n) is 3.60. The molecule has 1 aliphatic rings. The number of nitrogens with one attached hydrogen (secondary N) is 2. The van der Waals surface area contributed by atoms with Crippen LogP contribution in [0.15, 0.2) is 42.5 Å². The van der Waals surface area contributed by atoms with Gasteiger partial charge in [0.1, 0.15) is 0 Å². The van der Waals surface area contributed by atoms with Gasteiger partial charge in [0.05, 0.1) is 12.1 Å². The quantitative estimate of drug-likeness (QED) is 0.598. The maximum Gasteiger partial charge on any atom is 0.416 e. The molecule has 0 spiro atoms. The highest BCUT2D eigenvalue weighted by Crippen LogP contribution is 2.29. The van der Waals surface area contributed by atoms with E-state index >= 15 is 0 Å². The maximum absolute atomic E-state index is 12.8. The standard InChI is InChI=1S/C24H28F3N3O2/c1-16-5-3-6-17(2)23(16)29-22(32)15-30(20-9-10-20)12-11-21(31)28-14-18-7-4-8-19(13-18)24(25,26)27/h3-8,13,20H,9-12,14-15H2,1-2H3,(H,28,31)(H,29,32). The minimum Gasteiger partial charge on any atom is -0.352 e. The van der Waals surface area contributed by atoms with Crippen molar-refractivity contribution in [3.05, 3.63) is 64.7 Å². The molecule has 0 radical (unpaired) electrons. The van der Waals surface area contributed by atoms with Gasteiger partial charge in [-0.1, -0.05) is 30.3 Å². The largest absolute Gasteiger partial charge is 0.416 e. The van der Waals surface area contributed by atoms with Crippen molar-refractivity contribution in [1.29, 1.82) is 0 Å². The fourth-order valence-corrected chi connectivity index (χ4v) is 3.60. The molecule has 0 unspecified atom stereocenters. The minimum atomic E-state index is -4.41. The number of rotatable bonds is 9.